The second-order valence-electron chi connectivity index (χ2n) is 6.29. The molecule has 1 saturated carbocycles. The van der Waals surface area contributed by atoms with E-state index in [1.807, 2.05) is 24.3 Å². The standard InChI is InChI=1S/C17H23N3O2.ClH/c21-16(11-12-7-9-18-10-8-12)19-14-3-5-15(6-4-14)20-17(22)13-1-2-13;/h3-6,12-13,18H,1-2,7-11H2,(H,19,21)(H,20,22);1H. The fraction of sp³-hybridized carbons (Fsp3) is 0.529. The maximum absolute atomic E-state index is 12.0. The van der Waals surface area contributed by atoms with Crippen LogP contribution in [0.25, 0.3) is 0 Å². The highest BCUT2D eigenvalue weighted by Gasteiger charge is 2.29. The minimum atomic E-state index is 0. The second-order valence-corrected chi connectivity index (χ2v) is 6.29. The lowest BCUT2D eigenvalue weighted by atomic mass is 9.94. The van der Waals surface area contributed by atoms with Gasteiger partial charge in [-0.3, -0.25) is 9.59 Å². The Kier molecular flexibility index (Phi) is 6.42. The van der Waals surface area contributed by atoms with Gasteiger partial charge in [-0.2, -0.15) is 0 Å². The SMILES string of the molecule is Cl.O=C(CC1CCNCC1)Nc1ccc(NC(=O)C2CC2)cc1. The Morgan fingerprint density at radius 1 is 0.957 bits per heavy atom. The van der Waals surface area contributed by atoms with E-state index in [2.05, 4.69) is 16.0 Å². The van der Waals surface area contributed by atoms with Gasteiger partial charge in [0.05, 0.1) is 0 Å². The summed E-state index contributed by atoms with van der Waals surface area (Å²) >= 11 is 0. The maximum atomic E-state index is 12.0. The molecule has 1 heterocycles. The molecule has 1 aliphatic heterocycles. The van der Waals surface area contributed by atoms with E-state index in [9.17, 15) is 9.59 Å². The van der Waals surface area contributed by atoms with Gasteiger partial charge in [-0.1, -0.05) is 0 Å². The Bertz CT molecular complexity index is 537. The Labute approximate surface area is 143 Å². The van der Waals surface area contributed by atoms with Crippen LogP contribution in [0.2, 0.25) is 0 Å². The van der Waals surface area contributed by atoms with Gasteiger partial charge in [0.1, 0.15) is 0 Å². The van der Waals surface area contributed by atoms with Crippen molar-refractivity contribution in [3.63, 3.8) is 0 Å². The first kappa shape index (κ1) is 17.8. The molecule has 1 aromatic carbocycles. The fourth-order valence-corrected chi connectivity index (χ4v) is 2.79. The molecule has 0 aromatic heterocycles. The number of carbonyl (C=O) groups excluding carboxylic acids is 2. The van der Waals surface area contributed by atoms with E-state index in [-0.39, 0.29) is 30.1 Å². The summed E-state index contributed by atoms with van der Waals surface area (Å²) in [5, 5.41) is 9.13. The molecular formula is C17H24ClN3O2. The van der Waals surface area contributed by atoms with Crippen molar-refractivity contribution in [2.24, 2.45) is 11.8 Å². The molecule has 0 bridgehead atoms. The number of amides is 2. The van der Waals surface area contributed by atoms with E-state index in [4.69, 9.17) is 0 Å². The monoisotopic (exact) mass is 337 g/mol. The highest BCUT2D eigenvalue weighted by Crippen LogP contribution is 2.30. The lowest BCUT2D eigenvalue weighted by Crippen LogP contribution is -2.30. The van der Waals surface area contributed by atoms with Gasteiger partial charge in [0, 0.05) is 23.7 Å². The lowest BCUT2D eigenvalue weighted by molar-refractivity contribution is -0.118. The molecule has 0 atom stereocenters. The van der Waals surface area contributed by atoms with Crippen LogP contribution < -0.4 is 16.0 Å². The van der Waals surface area contributed by atoms with Crippen molar-refractivity contribution < 1.29 is 9.59 Å². The summed E-state index contributed by atoms with van der Waals surface area (Å²) in [5.41, 5.74) is 1.57. The Balaban J connectivity index is 0.00000192. The number of carbonyl (C=O) groups is 2. The number of rotatable bonds is 5. The van der Waals surface area contributed by atoms with Crippen molar-refractivity contribution in [2.45, 2.75) is 32.1 Å². The van der Waals surface area contributed by atoms with Gasteiger partial charge in [-0.05, 0) is 69.0 Å². The Hall–Kier alpha value is -1.59. The molecule has 23 heavy (non-hydrogen) atoms. The highest BCUT2D eigenvalue weighted by molar-refractivity contribution is 5.95. The topological polar surface area (TPSA) is 70.2 Å². The first-order valence-electron chi connectivity index (χ1n) is 8.12. The predicted octanol–water partition coefficient (Wildman–Crippen LogP) is 2.79. The van der Waals surface area contributed by atoms with E-state index in [0.717, 1.165) is 50.1 Å². The van der Waals surface area contributed by atoms with Crippen LogP contribution in [0.1, 0.15) is 32.1 Å². The summed E-state index contributed by atoms with van der Waals surface area (Å²) in [6, 6.07) is 7.34. The Morgan fingerprint density at radius 3 is 2.09 bits per heavy atom. The summed E-state index contributed by atoms with van der Waals surface area (Å²) in [6.45, 7) is 2.01. The number of halogens is 1. The summed E-state index contributed by atoms with van der Waals surface area (Å²) in [5.74, 6) is 0.854. The fourth-order valence-electron chi connectivity index (χ4n) is 2.79. The summed E-state index contributed by atoms with van der Waals surface area (Å²) < 4.78 is 0. The van der Waals surface area contributed by atoms with Crippen LogP contribution >= 0.6 is 12.4 Å². The maximum Gasteiger partial charge on any atom is 0.227 e. The molecule has 6 heteroatoms. The van der Waals surface area contributed by atoms with Gasteiger partial charge >= 0.3 is 0 Å². The van der Waals surface area contributed by atoms with Crippen LogP contribution in [0.4, 0.5) is 11.4 Å². The average Bonchev–Trinajstić information content (AvgIpc) is 3.35. The van der Waals surface area contributed by atoms with E-state index in [0.29, 0.717) is 12.3 Å². The van der Waals surface area contributed by atoms with Crippen molar-refractivity contribution in [3.05, 3.63) is 24.3 Å². The normalized spacial score (nSPS) is 17.9. The van der Waals surface area contributed by atoms with Gasteiger partial charge < -0.3 is 16.0 Å². The van der Waals surface area contributed by atoms with Crippen LogP contribution in [-0.4, -0.2) is 24.9 Å². The minimum Gasteiger partial charge on any atom is -0.326 e. The van der Waals surface area contributed by atoms with Gasteiger partial charge in [0.25, 0.3) is 0 Å². The van der Waals surface area contributed by atoms with E-state index < -0.39 is 0 Å². The number of benzene rings is 1. The predicted molar refractivity (Wildman–Crippen MR) is 93.9 cm³/mol. The summed E-state index contributed by atoms with van der Waals surface area (Å²) in [7, 11) is 0. The minimum absolute atomic E-state index is 0. The molecule has 1 saturated heterocycles. The third kappa shape index (κ3) is 5.52. The molecule has 1 aromatic rings. The molecule has 2 fully saturated rings. The largest absolute Gasteiger partial charge is 0.326 e. The van der Waals surface area contributed by atoms with E-state index >= 15 is 0 Å². The molecule has 3 rings (SSSR count). The van der Waals surface area contributed by atoms with Crippen LogP contribution in [0.3, 0.4) is 0 Å². The third-order valence-corrected chi connectivity index (χ3v) is 4.32. The Morgan fingerprint density at radius 2 is 1.52 bits per heavy atom. The molecule has 0 spiro atoms. The van der Waals surface area contributed by atoms with Crippen LogP contribution in [0, 0.1) is 11.8 Å². The molecule has 2 aliphatic rings. The molecule has 0 unspecified atom stereocenters. The second kappa shape index (κ2) is 8.31. The first-order chi connectivity index (χ1) is 10.7. The number of piperidine rings is 1. The zero-order valence-corrected chi connectivity index (χ0v) is 14.0. The number of hydrogen-bond acceptors (Lipinski definition) is 3. The number of hydrogen-bond donors (Lipinski definition) is 3. The molecule has 5 nitrogen and oxygen atoms in total. The number of anilines is 2. The van der Waals surface area contributed by atoms with Gasteiger partial charge in [0.2, 0.25) is 11.8 Å². The summed E-state index contributed by atoms with van der Waals surface area (Å²) in [4.78, 5) is 23.7. The van der Waals surface area contributed by atoms with Gasteiger partial charge in [-0.15, -0.1) is 12.4 Å². The quantitative estimate of drug-likeness (QED) is 0.773. The molecule has 2 amide bonds. The van der Waals surface area contributed by atoms with Crippen LogP contribution in [-0.2, 0) is 9.59 Å². The van der Waals surface area contributed by atoms with E-state index in [1.54, 1.807) is 0 Å². The average molecular weight is 338 g/mol. The van der Waals surface area contributed by atoms with Crippen molar-refractivity contribution in [3.8, 4) is 0 Å². The van der Waals surface area contributed by atoms with Crippen molar-refractivity contribution in [1.82, 2.24) is 5.32 Å². The van der Waals surface area contributed by atoms with E-state index in [1.165, 1.54) is 0 Å². The van der Waals surface area contributed by atoms with Gasteiger partial charge in [0.15, 0.2) is 0 Å². The van der Waals surface area contributed by atoms with Gasteiger partial charge in [-0.25, -0.2) is 0 Å². The first-order valence-corrected chi connectivity index (χ1v) is 8.12. The zero-order chi connectivity index (χ0) is 15.4. The highest BCUT2D eigenvalue weighted by atomic mass is 35.5. The molecule has 1 aliphatic carbocycles. The smallest absolute Gasteiger partial charge is 0.227 e. The third-order valence-electron chi connectivity index (χ3n) is 4.32. The zero-order valence-electron chi connectivity index (χ0n) is 13.1. The van der Waals surface area contributed by atoms with Crippen molar-refractivity contribution in [2.75, 3.05) is 23.7 Å². The number of nitrogens with one attached hydrogen (secondary N) is 3. The molecular weight excluding hydrogens is 314 g/mol. The molecule has 0 radical (unpaired) electrons. The summed E-state index contributed by atoms with van der Waals surface area (Å²) in [6.07, 6.45) is 4.72. The van der Waals surface area contributed by atoms with Crippen LogP contribution in [0.5, 0.6) is 0 Å². The molecule has 126 valence electrons. The van der Waals surface area contributed by atoms with Crippen molar-refractivity contribution in [1.29, 1.82) is 0 Å². The lowest BCUT2D eigenvalue weighted by Gasteiger charge is -2.21. The van der Waals surface area contributed by atoms with Crippen LogP contribution in [0.15, 0.2) is 24.3 Å². The van der Waals surface area contributed by atoms with Crippen molar-refractivity contribution >= 4 is 35.6 Å². The molecule has 3 N–H and O–H groups in total.